The molecule has 1 aliphatic carbocycles. The number of ether oxygens (including phenoxy) is 1. The number of anilines is 2. The Morgan fingerprint density at radius 3 is 2.21 bits per heavy atom. The third kappa shape index (κ3) is 5.00. The Kier molecular flexibility index (Phi) is 7.36. The van der Waals surface area contributed by atoms with Crippen molar-refractivity contribution in [2.45, 2.75) is 42.8 Å². The van der Waals surface area contributed by atoms with Gasteiger partial charge in [0, 0.05) is 34.2 Å². The number of halogens is 2. The molecule has 0 radical (unpaired) electrons. The molecule has 0 spiro atoms. The van der Waals surface area contributed by atoms with E-state index in [0.717, 1.165) is 0 Å². The Morgan fingerprint density at radius 2 is 1.62 bits per heavy atom. The van der Waals surface area contributed by atoms with Gasteiger partial charge in [-0.2, -0.15) is 0 Å². The Balaban J connectivity index is 1.28. The molecule has 2 saturated heterocycles. The number of aryl methyl sites for hydroxylation is 2. The lowest BCUT2D eigenvalue weighted by atomic mass is 9.81. The minimum atomic E-state index is -0.753. The summed E-state index contributed by atoms with van der Waals surface area (Å²) in [5.41, 5.74) is 1.78. The molecular weight excluding hydrogens is 638 g/mol. The first-order chi connectivity index (χ1) is 18.5. The molecule has 0 bridgehead atoms. The van der Waals surface area contributed by atoms with E-state index in [1.165, 1.54) is 21.9 Å². The van der Waals surface area contributed by atoms with Crippen LogP contribution in [0.25, 0.3) is 0 Å². The lowest BCUT2D eigenvalue weighted by Crippen LogP contribution is -2.34. The summed E-state index contributed by atoms with van der Waals surface area (Å²) < 4.78 is 5.56. The fourth-order valence-electron chi connectivity index (χ4n) is 5.55. The quantitative estimate of drug-likeness (QED) is 0.114. The molecule has 3 fully saturated rings. The summed E-state index contributed by atoms with van der Waals surface area (Å²) in [6, 6.07) is 9.23. The average molecular weight is 663 g/mol. The van der Waals surface area contributed by atoms with Gasteiger partial charge in [-0.15, -0.1) is 0 Å². The van der Waals surface area contributed by atoms with Gasteiger partial charge in [-0.1, -0.05) is 37.9 Å². The molecule has 204 valence electrons. The third-order valence-electron chi connectivity index (χ3n) is 7.70. The zero-order chi connectivity index (χ0) is 28.2. The molecule has 12 heteroatoms. The smallest absolute Gasteiger partial charge is 0.316 e. The predicted molar refractivity (Wildman–Crippen MR) is 149 cm³/mol. The van der Waals surface area contributed by atoms with Crippen molar-refractivity contribution in [1.29, 1.82) is 0 Å². The second kappa shape index (κ2) is 10.5. The monoisotopic (exact) mass is 661 g/mol. The summed E-state index contributed by atoms with van der Waals surface area (Å²) in [6.45, 7) is 3.39. The SMILES string of the molecule is Cc1cc(OC(=O)[C@@H]2CC(=O)N(c3ccc(C)c([N+](=O)[O-])c3)C2)ccc1N1C(=O)[C@H]2C[C@@H](Br)[C@@H](Br)C[C@H]2C1=O. The minimum Gasteiger partial charge on any atom is -0.426 e. The van der Waals surface area contributed by atoms with Crippen LogP contribution in [0.3, 0.4) is 0 Å². The highest BCUT2D eigenvalue weighted by atomic mass is 79.9. The van der Waals surface area contributed by atoms with Crippen molar-refractivity contribution >= 4 is 72.6 Å². The van der Waals surface area contributed by atoms with E-state index in [0.29, 0.717) is 35.3 Å². The number of imide groups is 1. The van der Waals surface area contributed by atoms with E-state index in [4.69, 9.17) is 4.74 Å². The molecule has 10 nitrogen and oxygen atoms in total. The van der Waals surface area contributed by atoms with Gasteiger partial charge in [0.15, 0.2) is 0 Å². The number of esters is 1. The summed E-state index contributed by atoms with van der Waals surface area (Å²) in [7, 11) is 0. The van der Waals surface area contributed by atoms with Gasteiger partial charge in [0.2, 0.25) is 17.7 Å². The maximum Gasteiger partial charge on any atom is 0.316 e. The highest BCUT2D eigenvalue weighted by Crippen LogP contribution is 2.45. The number of alkyl halides is 2. The van der Waals surface area contributed by atoms with Crippen LogP contribution in [0.4, 0.5) is 17.1 Å². The second-order valence-electron chi connectivity index (χ2n) is 10.2. The number of hydrogen-bond acceptors (Lipinski definition) is 7. The van der Waals surface area contributed by atoms with Crippen LogP contribution in [0, 0.1) is 41.7 Å². The van der Waals surface area contributed by atoms with Crippen molar-refractivity contribution in [3.05, 3.63) is 57.6 Å². The zero-order valence-corrected chi connectivity index (χ0v) is 24.3. The number of benzene rings is 2. The number of nitro groups is 1. The molecule has 0 N–H and O–H groups in total. The molecule has 2 aromatic carbocycles. The van der Waals surface area contributed by atoms with Gasteiger partial charge < -0.3 is 9.64 Å². The molecule has 3 aliphatic rings. The molecule has 2 aliphatic heterocycles. The molecule has 5 rings (SSSR count). The van der Waals surface area contributed by atoms with Crippen molar-refractivity contribution in [2.75, 3.05) is 16.3 Å². The van der Waals surface area contributed by atoms with Gasteiger partial charge in [-0.05, 0) is 56.5 Å². The van der Waals surface area contributed by atoms with Crippen LogP contribution >= 0.6 is 31.9 Å². The number of carbonyl (C=O) groups excluding carboxylic acids is 4. The van der Waals surface area contributed by atoms with Crippen LogP contribution in [0.15, 0.2) is 36.4 Å². The van der Waals surface area contributed by atoms with Crippen molar-refractivity contribution < 1.29 is 28.8 Å². The predicted octanol–water partition coefficient (Wildman–Crippen LogP) is 4.60. The Morgan fingerprint density at radius 1 is 0.974 bits per heavy atom. The average Bonchev–Trinajstić information content (AvgIpc) is 3.38. The number of nitro benzene ring substituents is 1. The Hall–Kier alpha value is -3.12. The number of hydrogen-bond donors (Lipinski definition) is 0. The van der Waals surface area contributed by atoms with Crippen LogP contribution in [-0.2, 0) is 19.2 Å². The Labute approximate surface area is 241 Å². The molecule has 2 heterocycles. The molecule has 2 aromatic rings. The molecule has 5 atom stereocenters. The van der Waals surface area contributed by atoms with Crippen LogP contribution in [-0.4, -0.2) is 44.8 Å². The highest BCUT2D eigenvalue weighted by Gasteiger charge is 2.52. The van der Waals surface area contributed by atoms with Crippen LogP contribution in [0.5, 0.6) is 5.75 Å². The maximum absolute atomic E-state index is 13.2. The molecule has 0 aromatic heterocycles. The van der Waals surface area contributed by atoms with Crippen LogP contribution < -0.4 is 14.5 Å². The minimum absolute atomic E-state index is 0.0393. The lowest BCUT2D eigenvalue weighted by molar-refractivity contribution is -0.385. The van der Waals surface area contributed by atoms with Crippen molar-refractivity contribution in [3.8, 4) is 5.75 Å². The maximum atomic E-state index is 13.2. The first kappa shape index (κ1) is 27.4. The standard InChI is InChI=1S/C27H25Br2N3O7/c1-13-3-4-16(9-23(13)32(37)38)30-12-15(8-24(30)33)27(36)39-17-5-6-22(14(2)7-17)31-25(34)18-10-20(28)21(29)11-19(18)26(31)35/h3-7,9,15,18-21H,8,10-12H2,1-2H3/t15-,18-,19+,20+,21-/m1/s1. The summed E-state index contributed by atoms with van der Waals surface area (Å²) in [5, 5.41) is 11.3. The molecule has 1 saturated carbocycles. The zero-order valence-electron chi connectivity index (χ0n) is 21.1. The summed E-state index contributed by atoms with van der Waals surface area (Å²) in [4.78, 5) is 65.5. The van der Waals surface area contributed by atoms with Gasteiger partial charge >= 0.3 is 5.97 Å². The van der Waals surface area contributed by atoms with Gasteiger partial charge in [0.1, 0.15) is 5.75 Å². The van der Waals surface area contributed by atoms with E-state index >= 15 is 0 Å². The van der Waals surface area contributed by atoms with Crippen molar-refractivity contribution in [3.63, 3.8) is 0 Å². The van der Waals surface area contributed by atoms with E-state index in [1.54, 1.807) is 38.1 Å². The Bertz CT molecular complexity index is 1390. The fourth-order valence-corrected chi connectivity index (χ4v) is 6.79. The van der Waals surface area contributed by atoms with Gasteiger partial charge in [-0.3, -0.25) is 29.3 Å². The van der Waals surface area contributed by atoms with E-state index in [2.05, 4.69) is 31.9 Å². The molecule has 3 amide bonds. The van der Waals surface area contributed by atoms with E-state index in [-0.39, 0.29) is 63.6 Å². The van der Waals surface area contributed by atoms with Crippen LogP contribution in [0.2, 0.25) is 0 Å². The van der Waals surface area contributed by atoms with Gasteiger partial charge in [0.05, 0.1) is 34.1 Å². The first-order valence-corrected chi connectivity index (χ1v) is 14.3. The summed E-state index contributed by atoms with van der Waals surface area (Å²) in [6.07, 6.45) is 1.06. The molecule has 39 heavy (non-hydrogen) atoms. The normalized spacial score (nSPS) is 26.7. The topological polar surface area (TPSA) is 127 Å². The number of carbonyl (C=O) groups is 4. The van der Waals surface area contributed by atoms with E-state index in [9.17, 15) is 29.3 Å². The lowest BCUT2D eigenvalue weighted by Gasteiger charge is -2.29. The van der Waals surface area contributed by atoms with Crippen molar-refractivity contribution in [1.82, 2.24) is 0 Å². The number of nitrogens with zero attached hydrogens (tertiary/aromatic N) is 3. The summed E-state index contributed by atoms with van der Waals surface area (Å²) in [5.74, 6) is -2.63. The van der Waals surface area contributed by atoms with E-state index in [1.807, 2.05) is 0 Å². The number of amides is 3. The van der Waals surface area contributed by atoms with Gasteiger partial charge in [0.25, 0.3) is 5.69 Å². The summed E-state index contributed by atoms with van der Waals surface area (Å²) >= 11 is 7.18. The number of rotatable bonds is 5. The largest absolute Gasteiger partial charge is 0.426 e. The van der Waals surface area contributed by atoms with E-state index < -0.39 is 16.8 Å². The molecular formula is C27H25Br2N3O7. The first-order valence-electron chi connectivity index (χ1n) is 12.5. The second-order valence-corrected chi connectivity index (χ2v) is 12.6. The molecule has 0 unspecified atom stereocenters. The number of fused-ring (bicyclic) bond motifs is 1. The van der Waals surface area contributed by atoms with Crippen LogP contribution in [0.1, 0.15) is 30.4 Å². The highest BCUT2D eigenvalue weighted by molar-refractivity contribution is 9.12. The fraction of sp³-hybridized carbons (Fsp3) is 0.407. The van der Waals surface area contributed by atoms with Gasteiger partial charge in [-0.25, -0.2) is 4.90 Å². The third-order valence-corrected chi connectivity index (χ3v) is 10.4. The van der Waals surface area contributed by atoms with Crippen molar-refractivity contribution in [2.24, 2.45) is 17.8 Å².